The maximum absolute atomic E-state index is 13.9. The molecule has 1 aromatic heterocycles. The minimum absolute atomic E-state index is 0.0231. The van der Waals surface area contributed by atoms with E-state index in [9.17, 15) is 36.3 Å². The molecule has 2 aromatic carbocycles. The van der Waals surface area contributed by atoms with Gasteiger partial charge in [0.2, 0.25) is 5.91 Å². The Balaban J connectivity index is 1.80. The Labute approximate surface area is 192 Å². The van der Waals surface area contributed by atoms with Crippen molar-refractivity contribution in [1.29, 1.82) is 0 Å². The molecule has 2 amide bonds. The van der Waals surface area contributed by atoms with Crippen LogP contribution in [0.15, 0.2) is 36.4 Å². The van der Waals surface area contributed by atoms with Crippen molar-refractivity contribution >= 4 is 35.5 Å². The van der Waals surface area contributed by atoms with E-state index in [0.717, 1.165) is 16.7 Å². The molecule has 1 aliphatic heterocycles. The molecule has 2 heterocycles. The Morgan fingerprint density at radius 2 is 1.91 bits per heavy atom. The van der Waals surface area contributed by atoms with Crippen molar-refractivity contribution in [3.05, 3.63) is 81.3 Å². The minimum atomic E-state index is -4.90. The van der Waals surface area contributed by atoms with Gasteiger partial charge in [0, 0.05) is 16.1 Å². The molecule has 13 heteroatoms. The molecule has 1 aliphatic rings. The van der Waals surface area contributed by atoms with Crippen molar-refractivity contribution in [2.45, 2.75) is 18.8 Å². The number of carbonyl (C=O) groups is 3. The van der Waals surface area contributed by atoms with E-state index in [-0.39, 0.29) is 40.5 Å². The number of nitrogens with one attached hydrogen (secondary N) is 2. The molecule has 0 aliphatic carbocycles. The van der Waals surface area contributed by atoms with Gasteiger partial charge < -0.3 is 15.2 Å². The highest BCUT2D eigenvalue weighted by Crippen LogP contribution is 2.36. The van der Waals surface area contributed by atoms with Crippen molar-refractivity contribution < 1.29 is 36.3 Å². The Morgan fingerprint density at radius 3 is 2.59 bits per heavy atom. The number of halogens is 6. The summed E-state index contributed by atoms with van der Waals surface area (Å²) in [7, 11) is 0. The van der Waals surface area contributed by atoms with Crippen molar-refractivity contribution in [3.8, 4) is 0 Å². The highest BCUT2D eigenvalue weighted by molar-refractivity contribution is 6.31. The second-order valence-electron chi connectivity index (χ2n) is 7.25. The summed E-state index contributed by atoms with van der Waals surface area (Å²) in [4.78, 5) is 40.4. The van der Waals surface area contributed by atoms with Gasteiger partial charge in [-0.1, -0.05) is 11.6 Å². The average Bonchev–Trinajstić information content (AvgIpc) is 3.11. The molecule has 176 valence electrons. The standard InChI is InChI=1S/C21H12ClF5N4O3/c22-14-2-1-11(23)6-13(14)17-18-19(28-15(8-32)31(18)7-16(33)29-17)30-20(34)9-3-10(21(25,26)27)5-12(24)4-9/h1-6,8,17H,7H2,(H,29,33)(H,30,34)/t17-/m0/s1. The summed E-state index contributed by atoms with van der Waals surface area (Å²) in [6, 6.07) is 3.45. The van der Waals surface area contributed by atoms with Gasteiger partial charge in [-0.3, -0.25) is 14.4 Å². The third-order valence-corrected chi connectivity index (χ3v) is 5.35. The lowest BCUT2D eigenvalue weighted by atomic mass is 10.0. The number of nitrogens with zero attached hydrogens (tertiary/aromatic N) is 2. The van der Waals surface area contributed by atoms with E-state index in [1.54, 1.807) is 0 Å². The molecule has 0 radical (unpaired) electrons. The number of hydrogen-bond donors (Lipinski definition) is 2. The number of alkyl halides is 3. The molecule has 3 aromatic rings. The molecule has 2 N–H and O–H groups in total. The molecule has 0 saturated carbocycles. The average molecular weight is 499 g/mol. The van der Waals surface area contributed by atoms with Gasteiger partial charge in [-0.25, -0.2) is 13.8 Å². The van der Waals surface area contributed by atoms with E-state index < -0.39 is 46.8 Å². The first-order valence-electron chi connectivity index (χ1n) is 9.47. The Morgan fingerprint density at radius 1 is 1.18 bits per heavy atom. The number of hydrogen-bond acceptors (Lipinski definition) is 4. The summed E-state index contributed by atoms with van der Waals surface area (Å²) in [6.45, 7) is -0.381. The van der Waals surface area contributed by atoms with Crippen molar-refractivity contribution in [2.24, 2.45) is 0 Å². The van der Waals surface area contributed by atoms with Crippen molar-refractivity contribution in [3.63, 3.8) is 0 Å². The Hall–Kier alpha value is -3.80. The van der Waals surface area contributed by atoms with Crippen LogP contribution in [0.1, 0.15) is 43.8 Å². The predicted molar refractivity (Wildman–Crippen MR) is 108 cm³/mol. The third-order valence-electron chi connectivity index (χ3n) is 5.01. The first-order valence-corrected chi connectivity index (χ1v) is 9.84. The van der Waals surface area contributed by atoms with Crippen LogP contribution >= 0.6 is 11.6 Å². The van der Waals surface area contributed by atoms with E-state index in [4.69, 9.17) is 11.6 Å². The lowest BCUT2D eigenvalue weighted by Crippen LogP contribution is -2.40. The van der Waals surface area contributed by atoms with Crippen molar-refractivity contribution in [2.75, 3.05) is 5.32 Å². The first kappa shape index (κ1) is 23.4. The fraction of sp³-hybridized carbons (Fsp3) is 0.143. The monoisotopic (exact) mass is 498 g/mol. The normalized spacial score (nSPS) is 15.5. The zero-order valence-corrected chi connectivity index (χ0v) is 17.5. The van der Waals surface area contributed by atoms with Crippen LogP contribution in [-0.4, -0.2) is 27.7 Å². The maximum atomic E-state index is 13.9. The maximum Gasteiger partial charge on any atom is 0.416 e. The van der Waals surface area contributed by atoms with E-state index in [2.05, 4.69) is 15.6 Å². The number of amides is 2. The molecule has 0 spiro atoms. The Kier molecular flexibility index (Phi) is 5.86. The number of benzene rings is 2. The molecule has 0 bridgehead atoms. The van der Waals surface area contributed by atoms with E-state index >= 15 is 0 Å². The number of aromatic nitrogens is 2. The number of rotatable bonds is 4. The van der Waals surface area contributed by atoms with Crippen LogP contribution in [0.4, 0.5) is 27.8 Å². The fourth-order valence-electron chi connectivity index (χ4n) is 3.57. The van der Waals surface area contributed by atoms with Crippen LogP contribution in [0.5, 0.6) is 0 Å². The van der Waals surface area contributed by atoms with Gasteiger partial charge in [-0.05, 0) is 36.4 Å². The first-order chi connectivity index (χ1) is 16.0. The van der Waals surface area contributed by atoms with Crippen LogP contribution in [0, 0.1) is 11.6 Å². The molecular weight excluding hydrogens is 487 g/mol. The van der Waals surface area contributed by atoms with E-state index in [1.165, 1.54) is 6.07 Å². The largest absolute Gasteiger partial charge is 0.416 e. The van der Waals surface area contributed by atoms with Gasteiger partial charge >= 0.3 is 6.18 Å². The molecule has 0 saturated heterocycles. The third kappa shape index (κ3) is 4.36. The lowest BCUT2D eigenvalue weighted by Gasteiger charge is -2.27. The van der Waals surface area contributed by atoms with Gasteiger partial charge in [-0.15, -0.1) is 0 Å². The number of fused-ring (bicyclic) bond motifs is 1. The highest BCUT2D eigenvalue weighted by Gasteiger charge is 2.35. The number of imidazole rings is 1. The zero-order valence-electron chi connectivity index (χ0n) is 16.7. The van der Waals surface area contributed by atoms with Crippen LogP contribution in [0.2, 0.25) is 5.02 Å². The SMILES string of the molecule is O=Cc1nc(NC(=O)c2cc(F)cc(C(F)(F)F)c2)c2n1CC(=O)N[C@H]2c1cc(F)ccc1Cl. The second kappa shape index (κ2) is 8.52. The minimum Gasteiger partial charge on any atom is -0.342 e. The van der Waals surface area contributed by atoms with Crippen LogP contribution in [0.25, 0.3) is 0 Å². The number of aldehydes is 1. The van der Waals surface area contributed by atoms with Crippen molar-refractivity contribution in [1.82, 2.24) is 14.9 Å². The zero-order chi connectivity index (χ0) is 24.8. The molecule has 1 atom stereocenters. The predicted octanol–water partition coefficient (Wildman–Crippen LogP) is 4.12. The Bertz CT molecular complexity index is 1340. The topological polar surface area (TPSA) is 93.1 Å². The molecule has 0 unspecified atom stereocenters. The summed E-state index contributed by atoms with van der Waals surface area (Å²) in [5.74, 6) is -4.31. The molecule has 34 heavy (non-hydrogen) atoms. The second-order valence-corrected chi connectivity index (χ2v) is 7.66. The van der Waals surface area contributed by atoms with Gasteiger partial charge in [0.1, 0.15) is 18.2 Å². The van der Waals surface area contributed by atoms with Gasteiger partial charge in [0.15, 0.2) is 17.9 Å². The quantitative estimate of drug-likeness (QED) is 0.418. The number of carbonyl (C=O) groups excluding carboxylic acids is 3. The molecule has 4 rings (SSSR count). The summed E-state index contributed by atoms with van der Waals surface area (Å²) in [6.07, 6.45) is -4.61. The lowest BCUT2D eigenvalue weighted by molar-refractivity contribution is -0.137. The summed E-state index contributed by atoms with van der Waals surface area (Å²) >= 11 is 6.16. The van der Waals surface area contributed by atoms with Crippen LogP contribution < -0.4 is 10.6 Å². The van der Waals surface area contributed by atoms with E-state index in [1.807, 2.05) is 0 Å². The van der Waals surface area contributed by atoms with Crippen LogP contribution in [-0.2, 0) is 17.5 Å². The van der Waals surface area contributed by atoms with Gasteiger partial charge in [0.05, 0.1) is 17.3 Å². The van der Waals surface area contributed by atoms with Gasteiger partial charge in [-0.2, -0.15) is 13.2 Å². The summed E-state index contributed by atoms with van der Waals surface area (Å²) in [5.41, 5.74) is -1.94. The van der Waals surface area contributed by atoms with E-state index in [0.29, 0.717) is 18.4 Å². The highest BCUT2D eigenvalue weighted by atomic mass is 35.5. The smallest absolute Gasteiger partial charge is 0.342 e. The van der Waals surface area contributed by atoms with Gasteiger partial charge in [0.25, 0.3) is 5.91 Å². The summed E-state index contributed by atoms with van der Waals surface area (Å²) in [5, 5.41) is 4.85. The van der Waals surface area contributed by atoms with Crippen LogP contribution in [0.3, 0.4) is 0 Å². The molecule has 7 nitrogen and oxygen atoms in total. The fourth-order valence-corrected chi connectivity index (χ4v) is 3.79. The summed E-state index contributed by atoms with van der Waals surface area (Å²) < 4.78 is 67.9. The molecular formula is C21H12ClF5N4O3. The number of anilines is 1. The molecule has 0 fully saturated rings.